The van der Waals surface area contributed by atoms with E-state index in [1.54, 1.807) is 18.9 Å². The van der Waals surface area contributed by atoms with Crippen molar-refractivity contribution in [2.24, 2.45) is 0 Å². The lowest BCUT2D eigenvalue weighted by Crippen LogP contribution is -2.52. The van der Waals surface area contributed by atoms with Gasteiger partial charge in [0.25, 0.3) is 0 Å². The number of hydrogen-bond donors (Lipinski definition) is 0. The molecule has 1 aliphatic heterocycles. The second-order valence-corrected chi connectivity index (χ2v) is 6.00. The van der Waals surface area contributed by atoms with E-state index in [1.807, 2.05) is 12.5 Å². The largest absolute Gasteiger partial charge is 0.376 e. The van der Waals surface area contributed by atoms with Crippen molar-refractivity contribution in [3.05, 3.63) is 18.3 Å². The van der Waals surface area contributed by atoms with Gasteiger partial charge in [-0.05, 0) is 32.2 Å². The summed E-state index contributed by atoms with van der Waals surface area (Å²) >= 11 is 1.66. The SMILES string of the molecule is COC(C)(C)[C@H]1CN(c2ccc(SC)nc2)CCO1. The Labute approximate surface area is 119 Å². The highest BCUT2D eigenvalue weighted by molar-refractivity contribution is 7.98. The smallest absolute Gasteiger partial charge is 0.103 e. The maximum Gasteiger partial charge on any atom is 0.103 e. The molecule has 5 heteroatoms. The molecule has 0 bridgehead atoms. The van der Waals surface area contributed by atoms with Crippen molar-refractivity contribution < 1.29 is 9.47 Å². The van der Waals surface area contributed by atoms with Gasteiger partial charge in [-0.15, -0.1) is 11.8 Å². The van der Waals surface area contributed by atoms with Gasteiger partial charge in [-0.3, -0.25) is 0 Å². The van der Waals surface area contributed by atoms with E-state index in [0.29, 0.717) is 0 Å². The number of nitrogens with zero attached hydrogens (tertiary/aromatic N) is 2. The van der Waals surface area contributed by atoms with Crippen molar-refractivity contribution in [2.75, 3.05) is 38.0 Å². The molecule has 0 N–H and O–H groups in total. The van der Waals surface area contributed by atoms with E-state index in [0.717, 1.165) is 30.4 Å². The van der Waals surface area contributed by atoms with Gasteiger partial charge in [-0.25, -0.2) is 4.98 Å². The third-order valence-electron chi connectivity index (χ3n) is 3.66. The zero-order valence-electron chi connectivity index (χ0n) is 12.0. The summed E-state index contributed by atoms with van der Waals surface area (Å²) in [5.41, 5.74) is 0.878. The van der Waals surface area contributed by atoms with E-state index < -0.39 is 0 Å². The first-order valence-electron chi connectivity index (χ1n) is 6.48. The first-order chi connectivity index (χ1) is 9.06. The molecular formula is C14H22N2O2S. The molecular weight excluding hydrogens is 260 g/mol. The number of pyridine rings is 1. The molecule has 1 aromatic heterocycles. The lowest BCUT2D eigenvalue weighted by Gasteiger charge is -2.41. The van der Waals surface area contributed by atoms with Gasteiger partial charge in [0.1, 0.15) is 6.10 Å². The fourth-order valence-electron chi connectivity index (χ4n) is 2.12. The molecule has 0 saturated carbocycles. The first kappa shape index (κ1) is 14.6. The van der Waals surface area contributed by atoms with Crippen LogP contribution in [0.2, 0.25) is 0 Å². The lowest BCUT2D eigenvalue weighted by atomic mass is 9.99. The van der Waals surface area contributed by atoms with Crippen LogP contribution in [-0.4, -0.2) is 49.8 Å². The minimum absolute atomic E-state index is 0.0754. The molecule has 1 aromatic rings. The monoisotopic (exact) mass is 282 g/mol. The normalized spacial score (nSPS) is 20.6. The van der Waals surface area contributed by atoms with E-state index >= 15 is 0 Å². The molecule has 0 aromatic carbocycles. The molecule has 106 valence electrons. The predicted molar refractivity (Wildman–Crippen MR) is 79.1 cm³/mol. The first-order valence-corrected chi connectivity index (χ1v) is 7.71. The molecule has 1 aliphatic rings. The van der Waals surface area contributed by atoms with Crippen molar-refractivity contribution in [1.82, 2.24) is 4.98 Å². The molecule has 2 heterocycles. The summed E-state index contributed by atoms with van der Waals surface area (Å²) in [6, 6.07) is 4.19. The minimum atomic E-state index is -0.273. The summed E-state index contributed by atoms with van der Waals surface area (Å²) in [6.07, 6.45) is 4.05. The molecule has 1 saturated heterocycles. The Balaban J connectivity index is 2.08. The van der Waals surface area contributed by atoms with Crippen LogP contribution in [0.25, 0.3) is 0 Å². The Hall–Kier alpha value is -0.780. The van der Waals surface area contributed by atoms with Gasteiger partial charge in [-0.1, -0.05) is 0 Å². The molecule has 19 heavy (non-hydrogen) atoms. The lowest BCUT2D eigenvalue weighted by molar-refractivity contribution is -0.113. The summed E-state index contributed by atoms with van der Waals surface area (Å²) in [5.74, 6) is 0. The fourth-order valence-corrected chi connectivity index (χ4v) is 2.48. The Kier molecular flexibility index (Phi) is 4.71. The van der Waals surface area contributed by atoms with E-state index in [9.17, 15) is 0 Å². The Bertz CT molecular complexity index is 408. The van der Waals surface area contributed by atoms with Crippen LogP contribution in [0.4, 0.5) is 5.69 Å². The molecule has 1 atom stereocenters. The summed E-state index contributed by atoms with van der Waals surface area (Å²) in [5, 5.41) is 1.05. The second kappa shape index (κ2) is 6.11. The van der Waals surface area contributed by atoms with Crippen LogP contribution in [0.1, 0.15) is 13.8 Å². The van der Waals surface area contributed by atoms with Gasteiger partial charge in [0.2, 0.25) is 0 Å². The number of rotatable bonds is 4. The van der Waals surface area contributed by atoms with Gasteiger partial charge in [0, 0.05) is 20.2 Å². The van der Waals surface area contributed by atoms with Crippen LogP contribution in [0, 0.1) is 0 Å². The summed E-state index contributed by atoms with van der Waals surface area (Å²) in [4.78, 5) is 6.74. The Morgan fingerprint density at radius 1 is 1.47 bits per heavy atom. The van der Waals surface area contributed by atoms with Crippen molar-refractivity contribution >= 4 is 17.4 Å². The average molecular weight is 282 g/mol. The molecule has 0 radical (unpaired) electrons. The van der Waals surface area contributed by atoms with Crippen LogP contribution in [-0.2, 0) is 9.47 Å². The highest BCUT2D eigenvalue weighted by atomic mass is 32.2. The summed E-state index contributed by atoms with van der Waals surface area (Å²) in [6.45, 7) is 6.59. The zero-order chi connectivity index (χ0) is 13.9. The average Bonchev–Trinajstić information content (AvgIpc) is 2.47. The molecule has 0 spiro atoms. The molecule has 1 fully saturated rings. The third-order valence-corrected chi connectivity index (χ3v) is 4.32. The van der Waals surface area contributed by atoms with Crippen molar-refractivity contribution in [3.8, 4) is 0 Å². The van der Waals surface area contributed by atoms with Gasteiger partial charge in [0.15, 0.2) is 0 Å². The van der Waals surface area contributed by atoms with E-state index in [1.165, 1.54) is 0 Å². The van der Waals surface area contributed by atoms with Crippen LogP contribution in [0.5, 0.6) is 0 Å². The maximum atomic E-state index is 5.84. The molecule has 0 aliphatic carbocycles. The van der Waals surface area contributed by atoms with Crippen molar-refractivity contribution in [3.63, 3.8) is 0 Å². The fraction of sp³-hybridized carbons (Fsp3) is 0.643. The Morgan fingerprint density at radius 2 is 2.26 bits per heavy atom. The van der Waals surface area contributed by atoms with Gasteiger partial charge in [0.05, 0.1) is 29.1 Å². The number of methoxy groups -OCH3 is 1. The molecule has 2 rings (SSSR count). The standard InChI is InChI=1S/C14H22N2O2S/c1-14(2,17-3)12-10-16(7-8-18-12)11-5-6-13(19-4)15-9-11/h5-6,9,12H,7-8,10H2,1-4H3/t12-/m1/s1. The maximum absolute atomic E-state index is 5.84. The number of anilines is 1. The van der Waals surface area contributed by atoms with Gasteiger partial charge < -0.3 is 14.4 Å². The van der Waals surface area contributed by atoms with E-state index in [-0.39, 0.29) is 11.7 Å². The summed E-state index contributed by atoms with van der Waals surface area (Å²) in [7, 11) is 1.73. The second-order valence-electron chi connectivity index (χ2n) is 5.17. The quantitative estimate of drug-likeness (QED) is 0.792. The molecule has 0 unspecified atom stereocenters. The Morgan fingerprint density at radius 3 is 2.84 bits per heavy atom. The van der Waals surface area contributed by atoms with Crippen LogP contribution >= 0.6 is 11.8 Å². The van der Waals surface area contributed by atoms with Crippen LogP contribution < -0.4 is 4.90 Å². The van der Waals surface area contributed by atoms with Gasteiger partial charge >= 0.3 is 0 Å². The third kappa shape index (κ3) is 3.41. The molecule has 4 nitrogen and oxygen atoms in total. The van der Waals surface area contributed by atoms with E-state index in [4.69, 9.17) is 9.47 Å². The minimum Gasteiger partial charge on any atom is -0.376 e. The number of aromatic nitrogens is 1. The number of ether oxygens (including phenoxy) is 2. The molecule has 0 amide bonds. The number of thioether (sulfide) groups is 1. The van der Waals surface area contributed by atoms with Crippen molar-refractivity contribution in [2.45, 2.75) is 30.6 Å². The van der Waals surface area contributed by atoms with Crippen LogP contribution in [0.3, 0.4) is 0 Å². The van der Waals surface area contributed by atoms with Crippen molar-refractivity contribution in [1.29, 1.82) is 0 Å². The highest BCUT2D eigenvalue weighted by Gasteiger charge is 2.34. The number of hydrogen-bond acceptors (Lipinski definition) is 5. The number of morpholine rings is 1. The summed E-state index contributed by atoms with van der Waals surface area (Å²) < 4.78 is 11.4. The highest BCUT2D eigenvalue weighted by Crippen LogP contribution is 2.25. The zero-order valence-corrected chi connectivity index (χ0v) is 12.9. The predicted octanol–water partition coefficient (Wildman–Crippen LogP) is 2.43. The van der Waals surface area contributed by atoms with Gasteiger partial charge in [-0.2, -0.15) is 0 Å². The van der Waals surface area contributed by atoms with Crippen LogP contribution in [0.15, 0.2) is 23.4 Å². The topological polar surface area (TPSA) is 34.6 Å². The van der Waals surface area contributed by atoms with E-state index in [2.05, 4.69) is 35.9 Å².